The van der Waals surface area contributed by atoms with Gasteiger partial charge in [0.05, 0.1) is 6.54 Å². The summed E-state index contributed by atoms with van der Waals surface area (Å²) in [6, 6.07) is 2.02. The van der Waals surface area contributed by atoms with Gasteiger partial charge in [0.25, 0.3) is 0 Å². The first-order valence-corrected chi connectivity index (χ1v) is 8.08. The fraction of sp³-hybridized carbons (Fsp3) is 0.500. The standard InChI is InChI=1S/C14H19N5OS/c20-13(17-9-14-16-6-7-21-14)10-19-12(3-5-18-19)11-2-1-4-15-8-11/h3,5-7,11,15H,1-2,4,8-10H2,(H,17,20)/t11-/m0/s1. The van der Waals surface area contributed by atoms with Crippen LogP contribution in [0.4, 0.5) is 0 Å². The van der Waals surface area contributed by atoms with E-state index in [9.17, 15) is 4.79 Å². The summed E-state index contributed by atoms with van der Waals surface area (Å²) in [6.07, 6.45) is 5.84. The molecule has 1 atom stereocenters. The first kappa shape index (κ1) is 14.2. The van der Waals surface area contributed by atoms with E-state index in [4.69, 9.17) is 0 Å². The molecule has 21 heavy (non-hydrogen) atoms. The zero-order chi connectivity index (χ0) is 14.5. The highest BCUT2D eigenvalue weighted by Gasteiger charge is 2.19. The zero-order valence-corrected chi connectivity index (χ0v) is 12.6. The maximum absolute atomic E-state index is 12.0. The molecule has 3 heterocycles. The predicted octanol–water partition coefficient (Wildman–Crippen LogP) is 1.12. The van der Waals surface area contributed by atoms with Crippen LogP contribution < -0.4 is 10.6 Å². The quantitative estimate of drug-likeness (QED) is 0.868. The Bertz CT molecular complexity index is 574. The number of aromatic nitrogens is 3. The third-order valence-corrected chi connectivity index (χ3v) is 4.46. The average Bonchev–Trinajstić information content (AvgIpc) is 3.17. The summed E-state index contributed by atoms with van der Waals surface area (Å²) in [5.74, 6) is 0.423. The number of carbonyl (C=O) groups is 1. The molecule has 1 amide bonds. The van der Waals surface area contributed by atoms with Crippen LogP contribution in [0.2, 0.25) is 0 Å². The van der Waals surface area contributed by atoms with Gasteiger partial charge in [0.1, 0.15) is 11.6 Å². The summed E-state index contributed by atoms with van der Waals surface area (Å²) in [5.41, 5.74) is 1.14. The van der Waals surface area contributed by atoms with Gasteiger partial charge in [0.15, 0.2) is 0 Å². The van der Waals surface area contributed by atoms with Crippen LogP contribution in [0.25, 0.3) is 0 Å². The molecule has 0 spiro atoms. The highest BCUT2D eigenvalue weighted by Crippen LogP contribution is 2.22. The Morgan fingerprint density at radius 1 is 1.52 bits per heavy atom. The Morgan fingerprint density at radius 2 is 2.48 bits per heavy atom. The molecule has 1 aliphatic heterocycles. The molecule has 1 aliphatic rings. The minimum atomic E-state index is -0.0288. The molecule has 0 aliphatic carbocycles. The number of piperidine rings is 1. The molecule has 3 rings (SSSR count). The fourth-order valence-corrected chi connectivity index (χ4v) is 3.19. The molecule has 0 bridgehead atoms. The summed E-state index contributed by atoms with van der Waals surface area (Å²) >= 11 is 1.54. The van der Waals surface area contributed by atoms with E-state index in [2.05, 4.69) is 20.7 Å². The Kier molecular flexibility index (Phi) is 4.62. The van der Waals surface area contributed by atoms with Crippen molar-refractivity contribution < 1.29 is 4.79 Å². The Labute approximate surface area is 127 Å². The largest absolute Gasteiger partial charge is 0.348 e. The van der Waals surface area contributed by atoms with Crippen molar-refractivity contribution in [3.63, 3.8) is 0 Å². The lowest BCUT2D eigenvalue weighted by atomic mass is 9.96. The second-order valence-corrected chi connectivity index (χ2v) is 6.14. The summed E-state index contributed by atoms with van der Waals surface area (Å²) < 4.78 is 1.81. The van der Waals surface area contributed by atoms with E-state index in [1.54, 1.807) is 23.7 Å². The molecular weight excluding hydrogens is 286 g/mol. The van der Waals surface area contributed by atoms with Crippen LogP contribution >= 0.6 is 11.3 Å². The van der Waals surface area contributed by atoms with Gasteiger partial charge in [0.2, 0.25) is 5.91 Å². The number of nitrogens with zero attached hydrogens (tertiary/aromatic N) is 3. The topological polar surface area (TPSA) is 71.8 Å². The molecule has 6 nitrogen and oxygen atoms in total. The van der Waals surface area contributed by atoms with E-state index in [1.165, 1.54) is 6.42 Å². The van der Waals surface area contributed by atoms with E-state index in [-0.39, 0.29) is 12.5 Å². The van der Waals surface area contributed by atoms with E-state index in [0.29, 0.717) is 12.5 Å². The van der Waals surface area contributed by atoms with Gasteiger partial charge < -0.3 is 10.6 Å². The average molecular weight is 305 g/mol. The highest BCUT2D eigenvalue weighted by molar-refractivity contribution is 7.09. The number of hydrogen-bond acceptors (Lipinski definition) is 5. The minimum Gasteiger partial charge on any atom is -0.348 e. The van der Waals surface area contributed by atoms with Crippen LogP contribution in [0.1, 0.15) is 29.5 Å². The summed E-state index contributed by atoms with van der Waals surface area (Å²) in [5, 5.41) is 13.4. The normalized spacial score (nSPS) is 18.6. The Hall–Kier alpha value is -1.73. The number of carbonyl (C=O) groups excluding carboxylic acids is 1. The predicted molar refractivity (Wildman–Crippen MR) is 81.0 cm³/mol. The SMILES string of the molecule is O=C(Cn1nccc1[C@H]1CCCNC1)NCc1nccs1. The van der Waals surface area contributed by atoms with Gasteiger partial charge in [-0.05, 0) is 25.5 Å². The van der Waals surface area contributed by atoms with Gasteiger partial charge in [-0.15, -0.1) is 11.3 Å². The van der Waals surface area contributed by atoms with Crippen LogP contribution in [0.5, 0.6) is 0 Å². The Morgan fingerprint density at radius 3 is 3.24 bits per heavy atom. The van der Waals surface area contributed by atoms with Crippen LogP contribution in [0.15, 0.2) is 23.8 Å². The minimum absolute atomic E-state index is 0.0288. The molecule has 0 radical (unpaired) electrons. The molecule has 1 fully saturated rings. The lowest BCUT2D eigenvalue weighted by Crippen LogP contribution is -2.32. The number of amides is 1. The lowest BCUT2D eigenvalue weighted by molar-refractivity contribution is -0.122. The molecule has 2 N–H and O–H groups in total. The smallest absolute Gasteiger partial charge is 0.242 e. The number of hydrogen-bond donors (Lipinski definition) is 2. The molecule has 1 saturated heterocycles. The molecule has 0 aromatic carbocycles. The van der Waals surface area contributed by atoms with Gasteiger partial charge in [-0.1, -0.05) is 0 Å². The van der Waals surface area contributed by atoms with Gasteiger partial charge in [0, 0.05) is 35.9 Å². The van der Waals surface area contributed by atoms with Crippen molar-refractivity contribution in [3.8, 4) is 0 Å². The maximum Gasteiger partial charge on any atom is 0.242 e. The van der Waals surface area contributed by atoms with E-state index < -0.39 is 0 Å². The Balaban J connectivity index is 1.57. The van der Waals surface area contributed by atoms with E-state index in [1.807, 2.05) is 16.1 Å². The number of nitrogens with one attached hydrogen (secondary N) is 2. The molecule has 2 aromatic rings. The van der Waals surface area contributed by atoms with Crippen molar-refractivity contribution in [1.29, 1.82) is 0 Å². The molecule has 7 heteroatoms. The highest BCUT2D eigenvalue weighted by atomic mass is 32.1. The lowest BCUT2D eigenvalue weighted by Gasteiger charge is -2.23. The second kappa shape index (κ2) is 6.82. The molecular formula is C14H19N5OS. The molecule has 2 aromatic heterocycles. The van der Waals surface area contributed by atoms with Gasteiger partial charge in [-0.25, -0.2) is 4.98 Å². The van der Waals surface area contributed by atoms with Crippen molar-refractivity contribution in [2.45, 2.75) is 31.8 Å². The third kappa shape index (κ3) is 3.68. The van der Waals surface area contributed by atoms with Crippen LogP contribution in [-0.2, 0) is 17.9 Å². The number of rotatable bonds is 5. The molecule has 112 valence electrons. The summed E-state index contributed by atoms with van der Waals surface area (Å²) in [6.45, 7) is 2.80. The van der Waals surface area contributed by atoms with Crippen molar-refractivity contribution in [1.82, 2.24) is 25.4 Å². The van der Waals surface area contributed by atoms with Crippen molar-refractivity contribution in [2.24, 2.45) is 0 Å². The van der Waals surface area contributed by atoms with Crippen LogP contribution in [-0.4, -0.2) is 33.8 Å². The van der Waals surface area contributed by atoms with E-state index >= 15 is 0 Å². The third-order valence-electron chi connectivity index (χ3n) is 3.68. The molecule has 0 unspecified atom stereocenters. The second-order valence-electron chi connectivity index (χ2n) is 5.16. The summed E-state index contributed by atoms with van der Waals surface area (Å²) in [7, 11) is 0. The van der Waals surface area contributed by atoms with Crippen LogP contribution in [0, 0.1) is 0 Å². The van der Waals surface area contributed by atoms with Gasteiger partial charge in [-0.2, -0.15) is 5.10 Å². The monoisotopic (exact) mass is 305 g/mol. The zero-order valence-electron chi connectivity index (χ0n) is 11.8. The van der Waals surface area contributed by atoms with Crippen molar-refractivity contribution >= 4 is 17.2 Å². The summed E-state index contributed by atoms with van der Waals surface area (Å²) in [4.78, 5) is 16.2. The van der Waals surface area contributed by atoms with Gasteiger partial charge in [-0.3, -0.25) is 9.48 Å². The maximum atomic E-state index is 12.0. The number of thiazole rings is 1. The fourth-order valence-electron chi connectivity index (χ4n) is 2.63. The van der Waals surface area contributed by atoms with Crippen molar-refractivity contribution in [3.05, 3.63) is 34.5 Å². The van der Waals surface area contributed by atoms with Gasteiger partial charge >= 0.3 is 0 Å². The molecule has 0 saturated carbocycles. The first-order valence-electron chi connectivity index (χ1n) is 7.20. The van der Waals surface area contributed by atoms with Crippen LogP contribution in [0.3, 0.4) is 0 Å². The van der Waals surface area contributed by atoms with E-state index in [0.717, 1.165) is 30.2 Å². The first-order chi connectivity index (χ1) is 10.3. The van der Waals surface area contributed by atoms with Crippen molar-refractivity contribution in [2.75, 3.05) is 13.1 Å².